The average Bonchev–Trinajstić information content (AvgIpc) is 2.94. The monoisotopic (exact) mass is 297 g/mol. The van der Waals surface area contributed by atoms with Gasteiger partial charge in [0.25, 0.3) is 0 Å². The first kappa shape index (κ1) is 14.6. The van der Waals surface area contributed by atoms with E-state index in [0.717, 1.165) is 16.8 Å². The fraction of sp³-hybridized carbons (Fsp3) is 0.235. The van der Waals surface area contributed by atoms with E-state index in [1.165, 1.54) is 0 Å². The topological polar surface area (TPSA) is 73.4 Å². The average molecular weight is 297 g/mol. The standard InChI is InChI=1S/C17H19N3O2/c21-16-11-18-10-15(16)20-17(22)19-14-8-6-13(7-9-14)12-4-2-1-3-5-12/h1-9,15-16,18,21H,10-11H2,(H2,19,20,22)/t15-,16-/m1/s1. The summed E-state index contributed by atoms with van der Waals surface area (Å²) in [6.07, 6.45) is -0.536. The van der Waals surface area contributed by atoms with Crippen molar-refractivity contribution in [3.63, 3.8) is 0 Å². The van der Waals surface area contributed by atoms with Crippen LogP contribution in [0.25, 0.3) is 11.1 Å². The van der Waals surface area contributed by atoms with Crippen LogP contribution in [0, 0.1) is 0 Å². The Balaban J connectivity index is 1.60. The van der Waals surface area contributed by atoms with Crippen LogP contribution in [0.5, 0.6) is 0 Å². The number of aliphatic hydroxyl groups is 1. The molecule has 2 aromatic carbocycles. The fourth-order valence-corrected chi connectivity index (χ4v) is 2.52. The van der Waals surface area contributed by atoms with Gasteiger partial charge in [-0.25, -0.2) is 4.79 Å². The second-order valence-electron chi connectivity index (χ2n) is 5.37. The molecule has 0 spiro atoms. The summed E-state index contributed by atoms with van der Waals surface area (Å²) in [6, 6.07) is 17.2. The predicted octanol–water partition coefficient (Wildman–Crippen LogP) is 1.81. The van der Waals surface area contributed by atoms with Crippen LogP contribution in [-0.4, -0.2) is 36.4 Å². The highest BCUT2D eigenvalue weighted by Gasteiger charge is 2.26. The molecule has 0 radical (unpaired) electrons. The van der Waals surface area contributed by atoms with Crippen LogP contribution in [0.1, 0.15) is 0 Å². The summed E-state index contributed by atoms with van der Waals surface area (Å²) < 4.78 is 0. The zero-order valence-corrected chi connectivity index (χ0v) is 12.1. The third kappa shape index (κ3) is 3.44. The van der Waals surface area contributed by atoms with Crippen LogP contribution < -0.4 is 16.0 Å². The lowest BCUT2D eigenvalue weighted by Crippen LogP contribution is -2.44. The van der Waals surface area contributed by atoms with Gasteiger partial charge in [-0.05, 0) is 23.3 Å². The molecule has 0 unspecified atom stereocenters. The van der Waals surface area contributed by atoms with E-state index in [9.17, 15) is 9.90 Å². The minimum absolute atomic E-state index is 0.247. The van der Waals surface area contributed by atoms with E-state index in [1.807, 2.05) is 54.6 Å². The van der Waals surface area contributed by atoms with Gasteiger partial charge < -0.3 is 21.1 Å². The van der Waals surface area contributed by atoms with E-state index in [2.05, 4.69) is 16.0 Å². The first-order chi connectivity index (χ1) is 10.7. The Morgan fingerprint density at radius 2 is 1.68 bits per heavy atom. The summed E-state index contributed by atoms with van der Waals surface area (Å²) in [5.74, 6) is 0. The van der Waals surface area contributed by atoms with Crippen molar-refractivity contribution in [2.75, 3.05) is 18.4 Å². The number of nitrogens with one attached hydrogen (secondary N) is 3. The highest BCUT2D eigenvalue weighted by molar-refractivity contribution is 5.89. The van der Waals surface area contributed by atoms with Crippen molar-refractivity contribution in [2.45, 2.75) is 12.1 Å². The van der Waals surface area contributed by atoms with Gasteiger partial charge >= 0.3 is 6.03 Å². The van der Waals surface area contributed by atoms with E-state index in [4.69, 9.17) is 0 Å². The van der Waals surface area contributed by atoms with Crippen LogP contribution in [0.15, 0.2) is 54.6 Å². The highest BCUT2D eigenvalue weighted by Crippen LogP contribution is 2.20. The Kier molecular flexibility index (Phi) is 4.37. The van der Waals surface area contributed by atoms with E-state index in [-0.39, 0.29) is 12.1 Å². The molecule has 4 N–H and O–H groups in total. The molecule has 0 bridgehead atoms. The second-order valence-corrected chi connectivity index (χ2v) is 5.37. The van der Waals surface area contributed by atoms with Crippen LogP contribution in [0.2, 0.25) is 0 Å². The third-order valence-electron chi connectivity index (χ3n) is 3.75. The number of carbonyl (C=O) groups is 1. The number of carbonyl (C=O) groups excluding carboxylic acids is 1. The van der Waals surface area contributed by atoms with Gasteiger partial charge in [0.05, 0.1) is 12.1 Å². The Hall–Kier alpha value is -2.37. The van der Waals surface area contributed by atoms with Gasteiger partial charge in [-0.2, -0.15) is 0 Å². The maximum Gasteiger partial charge on any atom is 0.319 e. The molecule has 2 aromatic rings. The van der Waals surface area contributed by atoms with Gasteiger partial charge in [-0.1, -0.05) is 42.5 Å². The molecule has 114 valence electrons. The fourth-order valence-electron chi connectivity index (χ4n) is 2.52. The molecule has 1 fully saturated rings. The number of urea groups is 1. The summed E-state index contributed by atoms with van der Waals surface area (Å²) in [5.41, 5.74) is 2.96. The van der Waals surface area contributed by atoms with Crippen molar-refractivity contribution in [1.29, 1.82) is 0 Å². The molecule has 1 heterocycles. The summed E-state index contributed by atoms with van der Waals surface area (Å²) in [4.78, 5) is 11.9. The molecular weight excluding hydrogens is 278 g/mol. The molecule has 3 rings (SSSR count). The van der Waals surface area contributed by atoms with E-state index in [0.29, 0.717) is 13.1 Å². The number of anilines is 1. The number of hydrogen-bond acceptors (Lipinski definition) is 3. The maximum absolute atomic E-state index is 11.9. The summed E-state index contributed by atoms with van der Waals surface area (Å²) in [5, 5.41) is 18.2. The molecule has 22 heavy (non-hydrogen) atoms. The molecule has 0 aromatic heterocycles. The molecule has 2 amide bonds. The first-order valence-corrected chi connectivity index (χ1v) is 7.34. The van der Waals surface area contributed by atoms with Crippen LogP contribution in [0.3, 0.4) is 0 Å². The minimum atomic E-state index is -0.536. The van der Waals surface area contributed by atoms with Gasteiger partial charge in [-0.15, -0.1) is 0 Å². The van der Waals surface area contributed by atoms with Gasteiger partial charge in [0.2, 0.25) is 0 Å². The second kappa shape index (κ2) is 6.60. The minimum Gasteiger partial charge on any atom is -0.390 e. The van der Waals surface area contributed by atoms with E-state index >= 15 is 0 Å². The lowest BCUT2D eigenvalue weighted by molar-refractivity contribution is 0.164. The molecule has 1 aliphatic heterocycles. The van der Waals surface area contributed by atoms with Crippen molar-refractivity contribution >= 4 is 11.7 Å². The molecule has 5 nitrogen and oxygen atoms in total. The van der Waals surface area contributed by atoms with E-state index < -0.39 is 6.10 Å². The third-order valence-corrected chi connectivity index (χ3v) is 3.75. The van der Waals surface area contributed by atoms with Crippen molar-refractivity contribution in [1.82, 2.24) is 10.6 Å². The molecule has 2 atom stereocenters. The first-order valence-electron chi connectivity index (χ1n) is 7.34. The summed E-state index contributed by atoms with van der Waals surface area (Å²) in [6.45, 7) is 1.10. The summed E-state index contributed by atoms with van der Waals surface area (Å²) >= 11 is 0. The Bertz CT molecular complexity index is 628. The molecular formula is C17H19N3O2. The SMILES string of the molecule is O=C(Nc1ccc(-c2ccccc2)cc1)N[C@@H]1CNC[C@H]1O. The van der Waals surface area contributed by atoms with Gasteiger partial charge in [0.15, 0.2) is 0 Å². The number of β-amino-alcohol motifs (C(OH)–C–C–N with tert-alkyl or cyclic N) is 1. The van der Waals surface area contributed by atoms with Crippen molar-refractivity contribution in [2.24, 2.45) is 0 Å². The Labute approximate surface area is 129 Å². The summed E-state index contributed by atoms with van der Waals surface area (Å²) in [7, 11) is 0. The molecule has 0 aliphatic carbocycles. The predicted molar refractivity (Wildman–Crippen MR) is 86.7 cm³/mol. The Morgan fingerprint density at radius 1 is 1.00 bits per heavy atom. The highest BCUT2D eigenvalue weighted by atomic mass is 16.3. The normalized spacial score (nSPS) is 20.6. The zero-order valence-electron chi connectivity index (χ0n) is 12.1. The largest absolute Gasteiger partial charge is 0.390 e. The lowest BCUT2D eigenvalue weighted by Gasteiger charge is -2.16. The van der Waals surface area contributed by atoms with Crippen molar-refractivity contribution in [3.05, 3.63) is 54.6 Å². The number of rotatable bonds is 3. The van der Waals surface area contributed by atoms with E-state index in [1.54, 1.807) is 0 Å². The van der Waals surface area contributed by atoms with Crippen molar-refractivity contribution < 1.29 is 9.90 Å². The molecule has 1 aliphatic rings. The lowest BCUT2D eigenvalue weighted by atomic mass is 10.1. The number of benzene rings is 2. The molecule has 1 saturated heterocycles. The molecule has 5 heteroatoms. The van der Waals surface area contributed by atoms with Crippen LogP contribution in [-0.2, 0) is 0 Å². The zero-order chi connectivity index (χ0) is 15.4. The van der Waals surface area contributed by atoms with Gasteiger partial charge in [0.1, 0.15) is 0 Å². The number of aliphatic hydroxyl groups excluding tert-OH is 1. The Morgan fingerprint density at radius 3 is 2.32 bits per heavy atom. The van der Waals surface area contributed by atoms with Crippen LogP contribution in [0.4, 0.5) is 10.5 Å². The molecule has 0 saturated carbocycles. The van der Waals surface area contributed by atoms with Crippen molar-refractivity contribution in [3.8, 4) is 11.1 Å². The quantitative estimate of drug-likeness (QED) is 0.698. The van der Waals surface area contributed by atoms with Gasteiger partial charge in [0, 0.05) is 18.8 Å². The van der Waals surface area contributed by atoms with Gasteiger partial charge in [-0.3, -0.25) is 0 Å². The van der Waals surface area contributed by atoms with Crippen LogP contribution >= 0.6 is 0 Å². The maximum atomic E-state index is 11.9. The smallest absolute Gasteiger partial charge is 0.319 e. The number of amides is 2. The number of hydrogen-bond donors (Lipinski definition) is 4.